The lowest BCUT2D eigenvalue weighted by atomic mass is 10.1. The molecule has 2 N–H and O–H groups in total. The number of carbonyl (C=O) groups excluding carboxylic acids is 1. The first-order valence-corrected chi connectivity index (χ1v) is 7.30. The van der Waals surface area contributed by atoms with E-state index in [1.54, 1.807) is 0 Å². The molecule has 1 aromatic carbocycles. The van der Waals surface area contributed by atoms with Crippen LogP contribution in [0.25, 0.3) is 10.9 Å². The molecule has 20 heavy (non-hydrogen) atoms. The molecular formula is C16H21N3O. The molecule has 4 heteroatoms. The van der Waals surface area contributed by atoms with Crippen LogP contribution in [0.5, 0.6) is 0 Å². The quantitative estimate of drug-likeness (QED) is 0.882. The Kier molecular flexibility index (Phi) is 3.49. The molecule has 1 aliphatic rings. The third kappa shape index (κ3) is 2.43. The summed E-state index contributed by atoms with van der Waals surface area (Å²) in [6.45, 7) is 6.05. The number of fused-ring (bicyclic) bond motifs is 1. The van der Waals surface area contributed by atoms with Gasteiger partial charge in [-0.05, 0) is 50.5 Å². The molecule has 1 aliphatic heterocycles. The highest BCUT2D eigenvalue weighted by Crippen LogP contribution is 2.22. The van der Waals surface area contributed by atoms with E-state index < -0.39 is 0 Å². The van der Waals surface area contributed by atoms with E-state index in [0.717, 1.165) is 48.1 Å². The minimum Gasteiger partial charge on any atom is -0.358 e. The minimum atomic E-state index is -0.00736. The van der Waals surface area contributed by atoms with E-state index in [9.17, 15) is 4.79 Å². The second-order valence-corrected chi connectivity index (χ2v) is 5.62. The van der Waals surface area contributed by atoms with Gasteiger partial charge in [0.2, 0.25) is 0 Å². The maximum Gasteiger partial charge on any atom is 0.265 e. The van der Waals surface area contributed by atoms with Crippen molar-refractivity contribution in [2.45, 2.75) is 33.1 Å². The van der Waals surface area contributed by atoms with Gasteiger partial charge in [0, 0.05) is 35.2 Å². The van der Waals surface area contributed by atoms with E-state index in [1.165, 1.54) is 12.0 Å². The molecule has 0 atom stereocenters. The molecule has 1 fully saturated rings. The fraction of sp³-hybridized carbons (Fsp3) is 0.438. The molecule has 0 aliphatic carbocycles. The number of aromatic nitrogens is 1. The van der Waals surface area contributed by atoms with Gasteiger partial charge in [0.1, 0.15) is 0 Å². The van der Waals surface area contributed by atoms with Gasteiger partial charge in [-0.25, -0.2) is 5.01 Å². The number of piperidine rings is 1. The van der Waals surface area contributed by atoms with Crippen molar-refractivity contribution in [1.82, 2.24) is 15.4 Å². The Hall–Kier alpha value is -1.81. The van der Waals surface area contributed by atoms with Gasteiger partial charge in [0.05, 0.1) is 0 Å². The molecule has 1 aromatic heterocycles. The fourth-order valence-electron chi connectivity index (χ4n) is 2.82. The number of hydrogen-bond acceptors (Lipinski definition) is 2. The van der Waals surface area contributed by atoms with Gasteiger partial charge in [-0.2, -0.15) is 0 Å². The van der Waals surface area contributed by atoms with Crippen molar-refractivity contribution < 1.29 is 4.79 Å². The van der Waals surface area contributed by atoms with Crippen LogP contribution in [-0.2, 0) is 0 Å². The molecular weight excluding hydrogens is 250 g/mol. The molecule has 0 saturated carbocycles. The lowest BCUT2D eigenvalue weighted by Gasteiger charge is -2.26. The lowest BCUT2D eigenvalue weighted by molar-refractivity contribution is 0.0750. The average Bonchev–Trinajstić information content (AvgIpc) is 2.75. The average molecular weight is 271 g/mol. The zero-order chi connectivity index (χ0) is 14.1. The Morgan fingerprint density at radius 1 is 1.20 bits per heavy atom. The predicted molar refractivity (Wildman–Crippen MR) is 80.7 cm³/mol. The van der Waals surface area contributed by atoms with Crippen LogP contribution >= 0.6 is 0 Å². The fourth-order valence-corrected chi connectivity index (χ4v) is 2.82. The predicted octanol–water partition coefficient (Wildman–Crippen LogP) is 2.92. The zero-order valence-electron chi connectivity index (χ0n) is 12.1. The number of carbonyl (C=O) groups is 1. The minimum absolute atomic E-state index is 0.00736. The van der Waals surface area contributed by atoms with Crippen molar-refractivity contribution in [3.63, 3.8) is 0 Å². The lowest BCUT2D eigenvalue weighted by Crippen LogP contribution is -2.45. The van der Waals surface area contributed by atoms with Gasteiger partial charge in [-0.15, -0.1) is 0 Å². The smallest absolute Gasteiger partial charge is 0.265 e. The Balaban J connectivity index is 1.82. The van der Waals surface area contributed by atoms with Crippen LogP contribution in [-0.4, -0.2) is 29.0 Å². The number of aromatic amines is 1. The number of nitrogens with one attached hydrogen (secondary N) is 2. The largest absolute Gasteiger partial charge is 0.358 e. The Bertz CT molecular complexity index is 638. The second kappa shape index (κ2) is 5.29. The van der Waals surface area contributed by atoms with Crippen molar-refractivity contribution in [2.75, 3.05) is 13.1 Å². The Morgan fingerprint density at radius 2 is 1.95 bits per heavy atom. The highest BCUT2D eigenvalue weighted by atomic mass is 16.2. The number of hydrogen-bond donors (Lipinski definition) is 2. The third-order valence-electron chi connectivity index (χ3n) is 4.19. The van der Waals surface area contributed by atoms with Gasteiger partial charge >= 0.3 is 0 Å². The summed E-state index contributed by atoms with van der Waals surface area (Å²) in [5, 5.41) is 3.17. The van der Waals surface area contributed by atoms with Gasteiger partial charge in [0.15, 0.2) is 0 Å². The number of H-pyrrole nitrogens is 1. The van der Waals surface area contributed by atoms with Crippen molar-refractivity contribution >= 4 is 16.8 Å². The highest BCUT2D eigenvalue weighted by molar-refractivity contribution is 5.98. The highest BCUT2D eigenvalue weighted by Gasteiger charge is 2.15. The van der Waals surface area contributed by atoms with Crippen LogP contribution in [0.4, 0.5) is 0 Å². The van der Waals surface area contributed by atoms with E-state index in [1.807, 2.05) is 23.2 Å². The summed E-state index contributed by atoms with van der Waals surface area (Å²) < 4.78 is 0. The number of rotatable bonds is 2. The van der Waals surface area contributed by atoms with Crippen LogP contribution in [0.3, 0.4) is 0 Å². The third-order valence-corrected chi connectivity index (χ3v) is 4.19. The molecule has 4 nitrogen and oxygen atoms in total. The molecule has 1 saturated heterocycles. The summed E-state index contributed by atoms with van der Waals surface area (Å²) in [6, 6.07) is 5.85. The topological polar surface area (TPSA) is 48.1 Å². The first-order valence-electron chi connectivity index (χ1n) is 7.30. The van der Waals surface area contributed by atoms with E-state index in [0.29, 0.717) is 0 Å². The molecule has 106 valence electrons. The van der Waals surface area contributed by atoms with Crippen LogP contribution in [0.15, 0.2) is 18.2 Å². The van der Waals surface area contributed by atoms with E-state index in [2.05, 4.69) is 24.3 Å². The summed E-state index contributed by atoms with van der Waals surface area (Å²) in [5.74, 6) is -0.00736. The maximum atomic E-state index is 12.3. The SMILES string of the molecule is Cc1[nH]c2ccc(C(=O)NN3CCCCC3)cc2c1C. The molecule has 3 rings (SSSR count). The Labute approximate surface area is 119 Å². The molecule has 0 radical (unpaired) electrons. The van der Waals surface area contributed by atoms with Crippen molar-refractivity contribution in [2.24, 2.45) is 0 Å². The number of nitrogens with zero attached hydrogens (tertiary/aromatic N) is 1. The summed E-state index contributed by atoms with van der Waals surface area (Å²) in [4.78, 5) is 15.6. The number of hydrazine groups is 1. The molecule has 0 spiro atoms. The van der Waals surface area contributed by atoms with Crippen molar-refractivity contribution in [3.8, 4) is 0 Å². The normalized spacial score (nSPS) is 16.5. The van der Waals surface area contributed by atoms with Crippen LogP contribution < -0.4 is 5.43 Å². The first kappa shape index (κ1) is 13.2. The summed E-state index contributed by atoms with van der Waals surface area (Å²) in [5.41, 5.74) is 7.21. The number of benzene rings is 1. The molecule has 2 heterocycles. The van der Waals surface area contributed by atoms with Crippen LogP contribution in [0.2, 0.25) is 0 Å². The summed E-state index contributed by atoms with van der Waals surface area (Å²) in [7, 11) is 0. The second-order valence-electron chi connectivity index (χ2n) is 5.62. The number of aryl methyl sites for hydroxylation is 2. The molecule has 0 unspecified atom stereocenters. The van der Waals surface area contributed by atoms with Crippen molar-refractivity contribution in [1.29, 1.82) is 0 Å². The van der Waals surface area contributed by atoms with E-state index in [4.69, 9.17) is 0 Å². The van der Waals surface area contributed by atoms with Gasteiger partial charge < -0.3 is 4.98 Å². The monoisotopic (exact) mass is 271 g/mol. The van der Waals surface area contributed by atoms with E-state index in [-0.39, 0.29) is 5.91 Å². The van der Waals surface area contributed by atoms with Gasteiger partial charge in [-0.1, -0.05) is 6.42 Å². The molecule has 1 amide bonds. The number of amides is 1. The van der Waals surface area contributed by atoms with Gasteiger partial charge in [-0.3, -0.25) is 10.2 Å². The summed E-state index contributed by atoms with van der Waals surface area (Å²) in [6.07, 6.45) is 3.59. The molecule has 2 aromatic rings. The molecule has 0 bridgehead atoms. The van der Waals surface area contributed by atoms with E-state index >= 15 is 0 Å². The van der Waals surface area contributed by atoms with Crippen molar-refractivity contribution in [3.05, 3.63) is 35.0 Å². The summed E-state index contributed by atoms with van der Waals surface area (Å²) >= 11 is 0. The Morgan fingerprint density at radius 3 is 2.70 bits per heavy atom. The standard InChI is InChI=1S/C16H21N3O/c1-11-12(2)17-15-7-6-13(10-14(11)15)16(20)18-19-8-4-3-5-9-19/h6-7,10,17H,3-5,8-9H2,1-2H3,(H,18,20). The maximum absolute atomic E-state index is 12.3. The van der Waals surface area contributed by atoms with Crippen LogP contribution in [0, 0.1) is 13.8 Å². The zero-order valence-corrected chi connectivity index (χ0v) is 12.1. The van der Waals surface area contributed by atoms with Gasteiger partial charge in [0.25, 0.3) is 5.91 Å². The first-order chi connectivity index (χ1) is 9.65. The van der Waals surface area contributed by atoms with Crippen LogP contribution in [0.1, 0.15) is 40.9 Å².